The summed E-state index contributed by atoms with van der Waals surface area (Å²) in [7, 11) is 1.59. The Bertz CT molecular complexity index is 1200. The zero-order valence-electron chi connectivity index (χ0n) is 15.3. The Labute approximate surface area is 164 Å². The summed E-state index contributed by atoms with van der Waals surface area (Å²) in [6.45, 7) is 0. The van der Waals surface area contributed by atoms with Gasteiger partial charge in [-0.05, 0) is 48.5 Å². The van der Waals surface area contributed by atoms with Crippen LogP contribution >= 0.6 is 0 Å². The highest BCUT2D eigenvalue weighted by molar-refractivity contribution is 6.46. The van der Waals surface area contributed by atoms with Gasteiger partial charge in [0.1, 0.15) is 5.75 Å². The molecule has 0 spiro atoms. The van der Waals surface area contributed by atoms with E-state index in [0.29, 0.717) is 22.5 Å². The fraction of sp³-hybridized carbons (Fsp3) is 0.0500. The van der Waals surface area contributed by atoms with Gasteiger partial charge in [0.15, 0.2) is 11.3 Å². The van der Waals surface area contributed by atoms with Crippen LogP contribution in [0.1, 0.15) is 10.4 Å². The van der Waals surface area contributed by atoms with Gasteiger partial charge in [0, 0.05) is 16.8 Å². The molecule has 1 amide bonds. The molecule has 4 N–H and O–H groups in total. The molecule has 0 bridgehead atoms. The van der Waals surface area contributed by atoms with Gasteiger partial charge in [-0.1, -0.05) is 0 Å². The van der Waals surface area contributed by atoms with E-state index >= 15 is 0 Å². The molecule has 2 heterocycles. The molecular weight excluding hydrogens is 372 g/mol. The van der Waals surface area contributed by atoms with Crippen molar-refractivity contribution in [3.05, 3.63) is 60.3 Å². The van der Waals surface area contributed by atoms with E-state index in [0.717, 1.165) is 11.3 Å². The SMILES string of the molecule is COc1ccc(-c2cnc3n[nH]c(NC(=O)C(=O)c4ccc(N)cc4)c3n2)cc1. The van der Waals surface area contributed by atoms with E-state index in [-0.39, 0.29) is 11.4 Å². The van der Waals surface area contributed by atoms with Crippen molar-refractivity contribution in [2.75, 3.05) is 18.2 Å². The van der Waals surface area contributed by atoms with Gasteiger partial charge in [0.05, 0.1) is 19.0 Å². The third-order valence-corrected chi connectivity index (χ3v) is 4.27. The Morgan fingerprint density at radius 2 is 1.79 bits per heavy atom. The molecule has 0 aliphatic rings. The molecule has 2 aromatic carbocycles. The van der Waals surface area contributed by atoms with Gasteiger partial charge in [-0.3, -0.25) is 14.7 Å². The summed E-state index contributed by atoms with van der Waals surface area (Å²) in [4.78, 5) is 33.5. The first-order valence-corrected chi connectivity index (χ1v) is 8.62. The summed E-state index contributed by atoms with van der Waals surface area (Å²) < 4.78 is 5.15. The summed E-state index contributed by atoms with van der Waals surface area (Å²) in [5.41, 5.74) is 8.40. The lowest BCUT2D eigenvalue weighted by atomic mass is 10.1. The number of methoxy groups -OCH3 is 1. The topological polar surface area (TPSA) is 136 Å². The van der Waals surface area contributed by atoms with Crippen LogP contribution in [0, 0.1) is 0 Å². The number of fused-ring (bicyclic) bond motifs is 1. The summed E-state index contributed by atoms with van der Waals surface area (Å²) in [6.07, 6.45) is 1.58. The highest BCUT2D eigenvalue weighted by Gasteiger charge is 2.19. The van der Waals surface area contributed by atoms with Crippen LogP contribution in [-0.2, 0) is 4.79 Å². The molecule has 144 valence electrons. The lowest BCUT2D eigenvalue weighted by Crippen LogP contribution is -2.23. The maximum absolute atomic E-state index is 12.4. The number of carbonyl (C=O) groups is 2. The van der Waals surface area contributed by atoms with Crippen molar-refractivity contribution in [3.8, 4) is 17.0 Å². The molecule has 9 heteroatoms. The summed E-state index contributed by atoms with van der Waals surface area (Å²) in [5.74, 6) is -0.610. The Kier molecular flexibility index (Phi) is 4.62. The lowest BCUT2D eigenvalue weighted by Gasteiger charge is -2.05. The predicted molar refractivity (Wildman–Crippen MR) is 107 cm³/mol. The number of ketones is 1. The standard InChI is InChI=1S/C20H16N6O3/c1-29-14-8-4-11(5-9-14)15-10-22-18-16(23-15)19(26-25-18)24-20(28)17(27)12-2-6-13(21)7-3-12/h2-10H,21H2,1H3,(H2,22,24,25,26,28). The molecular formula is C20H16N6O3. The van der Waals surface area contributed by atoms with Crippen LogP contribution in [0.2, 0.25) is 0 Å². The quantitative estimate of drug-likeness (QED) is 0.271. The van der Waals surface area contributed by atoms with Gasteiger partial charge in [-0.25, -0.2) is 9.97 Å². The number of hydrogen-bond acceptors (Lipinski definition) is 7. The smallest absolute Gasteiger partial charge is 0.297 e. The average Bonchev–Trinajstić information content (AvgIpc) is 3.15. The zero-order chi connectivity index (χ0) is 20.4. The fourth-order valence-corrected chi connectivity index (χ4v) is 2.72. The molecule has 0 aliphatic heterocycles. The van der Waals surface area contributed by atoms with Crippen molar-refractivity contribution >= 4 is 34.4 Å². The van der Waals surface area contributed by atoms with Crippen LogP contribution in [0.25, 0.3) is 22.4 Å². The number of hydrogen-bond donors (Lipinski definition) is 3. The van der Waals surface area contributed by atoms with E-state index in [4.69, 9.17) is 10.5 Å². The monoisotopic (exact) mass is 388 g/mol. The average molecular weight is 388 g/mol. The van der Waals surface area contributed by atoms with E-state index in [2.05, 4.69) is 25.5 Å². The Hall–Kier alpha value is -4.27. The molecule has 0 atom stereocenters. The highest BCUT2D eigenvalue weighted by atomic mass is 16.5. The minimum atomic E-state index is -0.822. The molecule has 2 aromatic heterocycles. The van der Waals surface area contributed by atoms with Crippen molar-refractivity contribution in [1.82, 2.24) is 20.2 Å². The van der Waals surface area contributed by atoms with Crippen LogP contribution in [0.15, 0.2) is 54.7 Å². The van der Waals surface area contributed by atoms with E-state index < -0.39 is 11.7 Å². The molecule has 4 rings (SSSR count). The van der Waals surface area contributed by atoms with E-state index in [1.54, 1.807) is 25.4 Å². The number of nitrogens with zero attached hydrogens (tertiary/aromatic N) is 3. The lowest BCUT2D eigenvalue weighted by molar-refractivity contribution is -0.112. The van der Waals surface area contributed by atoms with Gasteiger partial charge in [0.25, 0.3) is 11.7 Å². The van der Waals surface area contributed by atoms with Crippen molar-refractivity contribution in [2.45, 2.75) is 0 Å². The van der Waals surface area contributed by atoms with Crippen LogP contribution in [0.4, 0.5) is 11.5 Å². The molecule has 0 fully saturated rings. The van der Waals surface area contributed by atoms with E-state index in [1.165, 1.54) is 12.1 Å². The van der Waals surface area contributed by atoms with Gasteiger partial charge < -0.3 is 15.8 Å². The number of aromatic nitrogens is 4. The Balaban J connectivity index is 1.61. The number of nitrogens with one attached hydrogen (secondary N) is 2. The molecule has 0 aliphatic carbocycles. The predicted octanol–water partition coefficient (Wildman–Crippen LogP) is 2.43. The molecule has 9 nitrogen and oxygen atoms in total. The number of aromatic amines is 1. The Morgan fingerprint density at radius 3 is 2.48 bits per heavy atom. The second-order valence-corrected chi connectivity index (χ2v) is 6.16. The zero-order valence-corrected chi connectivity index (χ0v) is 15.3. The normalized spacial score (nSPS) is 10.7. The number of rotatable bonds is 5. The first-order chi connectivity index (χ1) is 14.0. The second kappa shape index (κ2) is 7.39. The fourth-order valence-electron chi connectivity index (χ4n) is 2.72. The third-order valence-electron chi connectivity index (χ3n) is 4.27. The van der Waals surface area contributed by atoms with Crippen LogP contribution in [-0.4, -0.2) is 39.0 Å². The molecule has 29 heavy (non-hydrogen) atoms. The maximum atomic E-state index is 12.4. The molecule has 0 saturated heterocycles. The van der Waals surface area contributed by atoms with Crippen molar-refractivity contribution in [3.63, 3.8) is 0 Å². The third kappa shape index (κ3) is 3.61. The minimum Gasteiger partial charge on any atom is -0.497 e. The number of carbonyl (C=O) groups excluding carboxylic acids is 2. The van der Waals surface area contributed by atoms with Crippen molar-refractivity contribution < 1.29 is 14.3 Å². The first-order valence-electron chi connectivity index (χ1n) is 8.62. The highest BCUT2D eigenvalue weighted by Crippen LogP contribution is 2.24. The number of nitrogen functional groups attached to an aromatic ring is 1. The maximum Gasteiger partial charge on any atom is 0.297 e. The number of amides is 1. The van der Waals surface area contributed by atoms with Gasteiger partial charge in [0.2, 0.25) is 5.65 Å². The van der Waals surface area contributed by atoms with Gasteiger partial charge in [-0.2, -0.15) is 5.10 Å². The molecule has 0 saturated carbocycles. The van der Waals surface area contributed by atoms with Gasteiger partial charge >= 0.3 is 0 Å². The number of nitrogens with two attached hydrogens (primary N) is 1. The minimum absolute atomic E-state index is 0.191. The Morgan fingerprint density at radius 1 is 1.07 bits per heavy atom. The van der Waals surface area contributed by atoms with Crippen LogP contribution in [0.5, 0.6) is 5.75 Å². The van der Waals surface area contributed by atoms with E-state index in [9.17, 15) is 9.59 Å². The second-order valence-electron chi connectivity index (χ2n) is 6.16. The molecule has 0 radical (unpaired) electrons. The number of anilines is 2. The summed E-state index contributed by atoms with van der Waals surface area (Å²) >= 11 is 0. The number of H-pyrrole nitrogens is 1. The van der Waals surface area contributed by atoms with Crippen LogP contribution in [0.3, 0.4) is 0 Å². The van der Waals surface area contributed by atoms with Crippen LogP contribution < -0.4 is 15.8 Å². The largest absolute Gasteiger partial charge is 0.497 e. The number of ether oxygens (including phenoxy) is 1. The molecule has 0 unspecified atom stereocenters. The number of benzene rings is 2. The molecule has 4 aromatic rings. The number of Topliss-reactive ketones (excluding diaryl/α,β-unsaturated/α-hetero) is 1. The van der Waals surface area contributed by atoms with Crippen molar-refractivity contribution in [1.29, 1.82) is 0 Å². The van der Waals surface area contributed by atoms with Crippen molar-refractivity contribution in [2.24, 2.45) is 0 Å². The summed E-state index contributed by atoms with van der Waals surface area (Å²) in [5, 5.41) is 9.19. The first kappa shape index (κ1) is 18.1. The van der Waals surface area contributed by atoms with Gasteiger partial charge in [-0.15, -0.1) is 0 Å². The van der Waals surface area contributed by atoms with E-state index in [1.807, 2.05) is 24.3 Å². The summed E-state index contributed by atoms with van der Waals surface area (Å²) in [6, 6.07) is 13.4.